The molecule has 0 radical (unpaired) electrons. The summed E-state index contributed by atoms with van der Waals surface area (Å²) in [6, 6.07) is 11.8. The molecule has 48 heavy (non-hydrogen) atoms. The van der Waals surface area contributed by atoms with Crippen LogP contribution in [0.25, 0.3) is 0 Å². The van der Waals surface area contributed by atoms with Crippen molar-refractivity contribution < 1.29 is 18.9 Å². The van der Waals surface area contributed by atoms with E-state index >= 15 is 0 Å². The van der Waals surface area contributed by atoms with Crippen molar-refractivity contribution in [1.82, 2.24) is 19.9 Å². The van der Waals surface area contributed by atoms with Gasteiger partial charge < -0.3 is 9.31 Å². The van der Waals surface area contributed by atoms with Crippen LogP contribution >= 0.6 is 15.9 Å². The molecule has 2 aromatic carbocycles. The normalized spacial score (nSPS) is 19.6. The molecule has 0 saturated carbocycles. The maximum Gasteiger partial charge on any atom is 0.494 e. The summed E-state index contributed by atoms with van der Waals surface area (Å²) in [5.74, 6) is 1.08. The van der Waals surface area contributed by atoms with Crippen LogP contribution in [0.15, 0.2) is 65.7 Å². The van der Waals surface area contributed by atoms with Crippen molar-refractivity contribution >= 4 is 63.3 Å². The average Bonchev–Trinajstić information content (AvgIpc) is 3.45. The number of fused-ring (bicyclic) bond motifs is 2. The summed E-state index contributed by atoms with van der Waals surface area (Å²) >= 11 is 3.46. The molecule has 3 aliphatic heterocycles. The summed E-state index contributed by atoms with van der Waals surface area (Å²) in [7, 11) is -0.486. The predicted molar refractivity (Wildman–Crippen MR) is 190 cm³/mol. The van der Waals surface area contributed by atoms with E-state index in [1.807, 2.05) is 106 Å². The summed E-state index contributed by atoms with van der Waals surface area (Å²) in [4.78, 5) is 46.5. The first-order chi connectivity index (χ1) is 22.3. The van der Waals surface area contributed by atoms with E-state index in [1.54, 1.807) is 34.6 Å². The molecule has 1 fully saturated rings. The average molecular weight is 711 g/mol. The number of nitrogens with zero attached hydrogens (tertiary/aromatic N) is 6. The standard InChI is InChI=1S/C21H26BN3O3.C15H14BrN3O/c1-13-11-24-17(12-23-13)25-16-10-14(8-9-15(16)19(2,3)18(25)26)22-27-20(4,5)21(6,7)28-22;1-9-7-18-13(8-17-9)19-12-6-10(16)4-5-11(12)15(2,3)14(19)20/h8-12H,1-7H3;4-8H,1-3H3. The van der Waals surface area contributed by atoms with Crippen molar-refractivity contribution in [2.45, 2.75) is 91.3 Å². The van der Waals surface area contributed by atoms with Gasteiger partial charge in [-0.25, -0.2) is 9.97 Å². The van der Waals surface area contributed by atoms with E-state index in [0.717, 1.165) is 43.8 Å². The highest BCUT2D eigenvalue weighted by Crippen LogP contribution is 2.46. The number of halogens is 1. The van der Waals surface area contributed by atoms with Crippen LogP contribution in [0, 0.1) is 13.8 Å². The Morgan fingerprint density at radius 2 is 1.06 bits per heavy atom. The maximum absolute atomic E-state index is 13.2. The number of amides is 2. The molecule has 0 unspecified atom stereocenters. The molecule has 12 heteroatoms. The number of aromatic nitrogens is 4. The van der Waals surface area contributed by atoms with Crippen molar-refractivity contribution in [2.75, 3.05) is 9.80 Å². The molecule has 2 aromatic heterocycles. The fourth-order valence-corrected chi connectivity index (χ4v) is 6.42. The second-order valence-electron chi connectivity index (χ2n) is 14.6. The number of aryl methyl sites for hydroxylation is 2. The van der Waals surface area contributed by atoms with Crippen LogP contribution in [0.3, 0.4) is 0 Å². The van der Waals surface area contributed by atoms with E-state index in [-0.39, 0.29) is 11.8 Å². The van der Waals surface area contributed by atoms with Gasteiger partial charge in [-0.2, -0.15) is 0 Å². The summed E-state index contributed by atoms with van der Waals surface area (Å²) in [5, 5.41) is 0. The molecule has 5 heterocycles. The summed E-state index contributed by atoms with van der Waals surface area (Å²) in [5.41, 5.74) is 4.12. The summed E-state index contributed by atoms with van der Waals surface area (Å²) in [6.45, 7) is 19.6. The van der Waals surface area contributed by atoms with Crippen LogP contribution in [0.1, 0.15) is 77.9 Å². The number of hydrogen-bond donors (Lipinski definition) is 0. The monoisotopic (exact) mass is 710 g/mol. The van der Waals surface area contributed by atoms with Crippen molar-refractivity contribution in [2.24, 2.45) is 0 Å². The molecule has 1 saturated heterocycles. The van der Waals surface area contributed by atoms with Crippen molar-refractivity contribution in [3.8, 4) is 0 Å². The van der Waals surface area contributed by atoms with Crippen molar-refractivity contribution in [3.63, 3.8) is 0 Å². The summed E-state index contributed by atoms with van der Waals surface area (Å²) in [6.07, 6.45) is 6.62. The SMILES string of the molecule is Cc1cnc(N2C(=O)C(C)(C)c3ccc(B4OC(C)(C)C(C)(C)O4)cc32)cn1.Cc1cnc(N2C(=O)C(C)(C)c3ccc(Br)cc32)cn1. The highest BCUT2D eigenvalue weighted by molar-refractivity contribution is 9.10. The Kier molecular flexibility index (Phi) is 8.16. The van der Waals surface area contributed by atoms with E-state index in [9.17, 15) is 9.59 Å². The zero-order valence-electron chi connectivity index (χ0n) is 29.0. The van der Waals surface area contributed by atoms with Gasteiger partial charge in [0.15, 0.2) is 11.6 Å². The second-order valence-corrected chi connectivity index (χ2v) is 15.5. The number of carbonyl (C=O) groups excluding carboxylic acids is 2. The Morgan fingerprint density at radius 3 is 1.50 bits per heavy atom. The Bertz CT molecular complexity index is 1910. The minimum absolute atomic E-state index is 0.0174. The molecule has 0 atom stereocenters. The Hall–Kier alpha value is -4.00. The lowest BCUT2D eigenvalue weighted by molar-refractivity contribution is -0.122. The van der Waals surface area contributed by atoms with E-state index < -0.39 is 29.2 Å². The third kappa shape index (κ3) is 5.53. The number of rotatable bonds is 3. The van der Waals surface area contributed by atoms with Crippen molar-refractivity contribution in [3.05, 3.63) is 88.2 Å². The van der Waals surface area contributed by atoms with Crippen LogP contribution in [-0.2, 0) is 29.7 Å². The number of anilines is 4. The van der Waals surface area contributed by atoms with Crippen LogP contribution in [-0.4, -0.2) is 50.1 Å². The molecule has 0 aliphatic carbocycles. The minimum Gasteiger partial charge on any atom is -0.399 e. The van der Waals surface area contributed by atoms with Crippen LogP contribution < -0.4 is 15.3 Å². The minimum atomic E-state index is -0.642. The van der Waals surface area contributed by atoms with Gasteiger partial charge >= 0.3 is 7.12 Å². The molecule has 0 N–H and O–H groups in total. The molecule has 3 aliphatic rings. The fourth-order valence-electron chi connectivity index (χ4n) is 6.07. The first-order valence-electron chi connectivity index (χ1n) is 15.9. The molecule has 248 valence electrons. The van der Waals surface area contributed by atoms with E-state index in [1.165, 1.54) is 0 Å². The topological polar surface area (TPSA) is 111 Å². The van der Waals surface area contributed by atoms with Gasteiger partial charge in [-0.1, -0.05) is 34.1 Å². The predicted octanol–water partition coefficient (Wildman–Crippen LogP) is 6.54. The number of hydrogen-bond acceptors (Lipinski definition) is 8. The molecule has 0 bridgehead atoms. The zero-order valence-corrected chi connectivity index (χ0v) is 30.6. The maximum atomic E-state index is 13.2. The Labute approximate surface area is 290 Å². The van der Waals surface area contributed by atoms with Gasteiger partial charge in [0.1, 0.15) is 0 Å². The largest absolute Gasteiger partial charge is 0.494 e. The van der Waals surface area contributed by atoms with E-state index in [4.69, 9.17) is 9.31 Å². The van der Waals surface area contributed by atoms with Gasteiger partial charge in [0.2, 0.25) is 11.8 Å². The molecular formula is C36H40BBrN6O4. The molecule has 0 spiro atoms. The van der Waals surface area contributed by atoms with E-state index in [2.05, 4.69) is 35.9 Å². The zero-order chi connectivity index (χ0) is 35.0. The van der Waals surface area contributed by atoms with Gasteiger partial charge in [0.05, 0.1) is 69.6 Å². The fraction of sp³-hybridized carbons (Fsp3) is 0.389. The number of carbonyl (C=O) groups is 2. The van der Waals surface area contributed by atoms with Gasteiger partial charge in [0.25, 0.3) is 0 Å². The lowest BCUT2D eigenvalue weighted by Crippen LogP contribution is -2.41. The van der Waals surface area contributed by atoms with Gasteiger partial charge in [-0.3, -0.25) is 29.4 Å². The van der Waals surface area contributed by atoms with Gasteiger partial charge in [-0.15, -0.1) is 0 Å². The van der Waals surface area contributed by atoms with Crippen LogP contribution in [0.2, 0.25) is 0 Å². The Balaban J connectivity index is 0.000000177. The van der Waals surface area contributed by atoms with Crippen LogP contribution in [0.4, 0.5) is 23.0 Å². The molecule has 10 nitrogen and oxygen atoms in total. The first-order valence-corrected chi connectivity index (χ1v) is 16.7. The highest BCUT2D eigenvalue weighted by Gasteiger charge is 2.53. The van der Waals surface area contributed by atoms with E-state index in [0.29, 0.717) is 11.6 Å². The quantitative estimate of drug-likeness (QED) is 0.221. The van der Waals surface area contributed by atoms with Gasteiger partial charge in [-0.05, 0) is 104 Å². The lowest BCUT2D eigenvalue weighted by Gasteiger charge is -2.32. The second kappa shape index (κ2) is 11.6. The lowest BCUT2D eigenvalue weighted by atomic mass is 9.77. The molecule has 2 amide bonds. The van der Waals surface area contributed by atoms with Crippen LogP contribution in [0.5, 0.6) is 0 Å². The van der Waals surface area contributed by atoms with Crippen molar-refractivity contribution in [1.29, 1.82) is 0 Å². The molecular weight excluding hydrogens is 671 g/mol. The highest BCUT2D eigenvalue weighted by atomic mass is 79.9. The smallest absolute Gasteiger partial charge is 0.399 e. The molecule has 7 rings (SSSR count). The first kappa shape index (κ1) is 33.9. The third-order valence-corrected chi connectivity index (χ3v) is 10.3. The van der Waals surface area contributed by atoms with Gasteiger partial charge in [0, 0.05) is 4.47 Å². The number of benzene rings is 2. The summed E-state index contributed by atoms with van der Waals surface area (Å²) < 4.78 is 13.3. The third-order valence-electron chi connectivity index (χ3n) is 9.80. The molecule has 4 aromatic rings. The Morgan fingerprint density at radius 1 is 0.625 bits per heavy atom.